The number of halogens is 1. The Morgan fingerprint density at radius 2 is 2.18 bits per heavy atom. The zero-order valence-corrected chi connectivity index (χ0v) is 13.0. The standard InChI is InChI=1S/C16H14ClN5/c1-21-6-5-19-16(21)10-22(2)15-7-11(9-18)13-8-12(17)3-4-14(13)20-15/h3-8H,10H2,1-2H3. The molecule has 1 aromatic carbocycles. The van der Waals surface area contributed by atoms with Gasteiger partial charge in [0.25, 0.3) is 0 Å². The first-order chi connectivity index (χ1) is 10.6. The Kier molecular flexibility index (Phi) is 3.70. The molecule has 0 aliphatic carbocycles. The van der Waals surface area contributed by atoms with Gasteiger partial charge < -0.3 is 9.47 Å². The van der Waals surface area contributed by atoms with Crippen molar-refractivity contribution in [2.75, 3.05) is 11.9 Å². The third kappa shape index (κ3) is 2.61. The second-order valence-electron chi connectivity index (χ2n) is 5.11. The number of fused-ring (bicyclic) bond motifs is 1. The van der Waals surface area contributed by atoms with Crippen LogP contribution in [0.15, 0.2) is 36.7 Å². The number of nitrogens with zero attached hydrogens (tertiary/aromatic N) is 5. The van der Waals surface area contributed by atoms with Crippen LogP contribution in [0.1, 0.15) is 11.4 Å². The summed E-state index contributed by atoms with van der Waals surface area (Å²) in [7, 11) is 3.88. The molecule has 0 N–H and O–H groups in total. The van der Waals surface area contributed by atoms with Gasteiger partial charge in [-0.2, -0.15) is 5.26 Å². The second-order valence-corrected chi connectivity index (χ2v) is 5.55. The Bertz CT molecular complexity index is 878. The Labute approximate surface area is 133 Å². The lowest BCUT2D eigenvalue weighted by atomic mass is 10.1. The van der Waals surface area contributed by atoms with Crippen molar-refractivity contribution in [1.82, 2.24) is 14.5 Å². The van der Waals surface area contributed by atoms with E-state index in [9.17, 15) is 5.26 Å². The van der Waals surface area contributed by atoms with Crippen LogP contribution < -0.4 is 4.90 Å². The zero-order chi connectivity index (χ0) is 15.7. The van der Waals surface area contributed by atoms with E-state index < -0.39 is 0 Å². The van der Waals surface area contributed by atoms with Crippen LogP contribution in [0, 0.1) is 11.3 Å². The van der Waals surface area contributed by atoms with Gasteiger partial charge in [-0.05, 0) is 24.3 Å². The van der Waals surface area contributed by atoms with Crippen LogP contribution in [-0.4, -0.2) is 21.6 Å². The SMILES string of the molecule is CN(Cc1nccn1C)c1cc(C#N)c2cc(Cl)ccc2n1. The van der Waals surface area contributed by atoms with E-state index in [0.717, 1.165) is 22.5 Å². The summed E-state index contributed by atoms with van der Waals surface area (Å²) in [4.78, 5) is 10.9. The average molecular weight is 312 g/mol. The highest BCUT2D eigenvalue weighted by Gasteiger charge is 2.11. The van der Waals surface area contributed by atoms with Gasteiger partial charge in [-0.3, -0.25) is 0 Å². The molecule has 0 aliphatic rings. The van der Waals surface area contributed by atoms with Crippen LogP contribution in [0.25, 0.3) is 10.9 Å². The van der Waals surface area contributed by atoms with Crippen LogP contribution in [0.4, 0.5) is 5.82 Å². The van der Waals surface area contributed by atoms with Crippen LogP contribution in [0.5, 0.6) is 0 Å². The number of nitriles is 1. The molecule has 110 valence electrons. The van der Waals surface area contributed by atoms with Crippen LogP contribution in [-0.2, 0) is 13.6 Å². The van der Waals surface area contributed by atoms with Crippen molar-refractivity contribution in [3.05, 3.63) is 53.1 Å². The molecule has 0 atom stereocenters. The minimum atomic E-state index is 0.564. The van der Waals surface area contributed by atoms with Crippen molar-refractivity contribution in [3.8, 4) is 6.07 Å². The number of anilines is 1. The molecule has 2 heterocycles. The second kappa shape index (κ2) is 5.66. The summed E-state index contributed by atoms with van der Waals surface area (Å²) in [5.41, 5.74) is 1.32. The van der Waals surface area contributed by atoms with E-state index in [1.165, 1.54) is 0 Å². The largest absolute Gasteiger partial charge is 0.352 e. The number of aryl methyl sites for hydroxylation is 1. The summed E-state index contributed by atoms with van der Waals surface area (Å²) in [6.07, 6.45) is 3.67. The van der Waals surface area contributed by atoms with Gasteiger partial charge in [0, 0.05) is 36.9 Å². The number of hydrogen-bond acceptors (Lipinski definition) is 4. The molecule has 0 unspecified atom stereocenters. The highest BCUT2D eigenvalue weighted by Crippen LogP contribution is 2.25. The summed E-state index contributed by atoms with van der Waals surface area (Å²) in [5, 5.41) is 10.7. The first-order valence-corrected chi connectivity index (χ1v) is 7.14. The fourth-order valence-corrected chi connectivity index (χ4v) is 2.49. The predicted molar refractivity (Wildman–Crippen MR) is 86.8 cm³/mol. The fraction of sp³-hybridized carbons (Fsp3) is 0.188. The minimum absolute atomic E-state index is 0.564. The molecular formula is C16H14ClN5. The van der Waals surface area contributed by atoms with Crippen molar-refractivity contribution in [2.24, 2.45) is 7.05 Å². The van der Waals surface area contributed by atoms with Gasteiger partial charge in [0.05, 0.1) is 23.7 Å². The zero-order valence-electron chi connectivity index (χ0n) is 12.3. The lowest BCUT2D eigenvalue weighted by molar-refractivity contribution is 0.756. The molecular weight excluding hydrogens is 298 g/mol. The van der Waals surface area contributed by atoms with E-state index >= 15 is 0 Å². The molecule has 3 aromatic rings. The number of aromatic nitrogens is 3. The fourth-order valence-electron chi connectivity index (χ4n) is 2.31. The van der Waals surface area contributed by atoms with Crippen molar-refractivity contribution in [1.29, 1.82) is 5.26 Å². The van der Waals surface area contributed by atoms with Gasteiger partial charge in [0.1, 0.15) is 11.6 Å². The lowest BCUT2D eigenvalue weighted by Crippen LogP contribution is -2.20. The number of benzene rings is 1. The molecule has 0 radical (unpaired) electrons. The molecule has 22 heavy (non-hydrogen) atoms. The highest BCUT2D eigenvalue weighted by molar-refractivity contribution is 6.31. The Morgan fingerprint density at radius 3 is 2.86 bits per heavy atom. The predicted octanol–water partition coefficient (Wildman–Crippen LogP) is 3.13. The Balaban J connectivity index is 2.02. The maximum Gasteiger partial charge on any atom is 0.130 e. The lowest BCUT2D eigenvalue weighted by Gasteiger charge is -2.18. The quantitative estimate of drug-likeness (QED) is 0.745. The van der Waals surface area contributed by atoms with Crippen LogP contribution >= 0.6 is 11.6 Å². The van der Waals surface area contributed by atoms with E-state index in [1.54, 1.807) is 24.4 Å². The molecule has 0 saturated carbocycles. The van der Waals surface area contributed by atoms with Gasteiger partial charge in [-0.15, -0.1) is 0 Å². The van der Waals surface area contributed by atoms with Gasteiger partial charge >= 0.3 is 0 Å². The van der Waals surface area contributed by atoms with Crippen LogP contribution in [0.3, 0.4) is 0 Å². The van der Waals surface area contributed by atoms with E-state index in [0.29, 0.717) is 17.1 Å². The van der Waals surface area contributed by atoms with Crippen molar-refractivity contribution >= 4 is 28.3 Å². The summed E-state index contributed by atoms with van der Waals surface area (Å²) in [5.74, 6) is 1.66. The smallest absolute Gasteiger partial charge is 0.130 e. The molecule has 0 saturated heterocycles. The summed E-state index contributed by atoms with van der Waals surface area (Å²) in [6.45, 7) is 0.612. The summed E-state index contributed by atoms with van der Waals surface area (Å²) in [6, 6.07) is 9.37. The molecule has 3 rings (SSSR count). The Morgan fingerprint density at radius 1 is 1.36 bits per heavy atom. The molecule has 5 nitrogen and oxygen atoms in total. The normalized spacial score (nSPS) is 10.6. The summed E-state index contributed by atoms with van der Waals surface area (Å²) < 4.78 is 1.96. The molecule has 0 spiro atoms. The number of rotatable bonds is 3. The molecule has 0 aliphatic heterocycles. The summed E-state index contributed by atoms with van der Waals surface area (Å²) >= 11 is 6.00. The van der Waals surface area contributed by atoms with E-state index in [1.807, 2.05) is 35.8 Å². The average Bonchev–Trinajstić information content (AvgIpc) is 2.91. The molecule has 2 aromatic heterocycles. The Hall–Kier alpha value is -2.58. The first-order valence-electron chi connectivity index (χ1n) is 6.76. The molecule has 0 bridgehead atoms. The topological polar surface area (TPSA) is 57.7 Å². The molecule has 0 amide bonds. The van der Waals surface area contributed by atoms with Gasteiger partial charge in [-0.1, -0.05) is 11.6 Å². The third-order valence-corrected chi connectivity index (χ3v) is 3.80. The third-order valence-electron chi connectivity index (χ3n) is 3.57. The van der Waals surface area contributed by atoms with E-state index in [2.05, 4.69) is 16.0 Å². The first kappa shape index (κ1) is 14.4. The number of hydrogen-bond donors (Lipinski definition) is 0. The number of imidazole rings is 1. The van der Waals surface area contributed by atoms with Crippen molar-refractivity contribution in [3.63, 3.8) is 0 Å². The van der Waals surface area contributed by atoms with E-state index in [-0.39, 0.29) is 0 Å². The van der Waals surface area contributed by atoms with E-state index in [4.69, 9.17) is 11.6 Å². The van der Waals surface area contributed by atoms with Gasteiger partial charge in [0.2, 0.25) is 0 Å². The maximum atomic E-state index is 9.38. The van der Waals surface area contributed by atoms with Crippen molar-refractivity contribution in [2.45, 2.75) is 6.54 Å². The molecule has 0 fully saturated rings. The van der Waals surface area contributed by atoms with Crippen molar-refractivity contribution < 1.29 is 0 Å². The molecule has 6 heteroatoms. The highest BCUT2D eigenvalue weighted by atomic mass is 35.5. The maximum absolute atomic E-state index is 9.38. The monoisotopic (exact) mass is 311 g/mol. The number of pyridine rings is 1. The van der Waals surface area contributed by atoms with Crippen LogP contribution in [0.2, 0.25) is 5.02 Å². The minimum Gasteiger partial charge on any atom is -0.352 e. The van der Waals surface area contributed by atoms with Gasteiger partial charge in [0.15, 0.2) is 0 Å². The van der Waals surface area contributed by atoms with Gasteiger partial charge in [-0.25, -0.2) is 9.97 Å².